The first-order chi connectivity index (χ1) is 17.1. The van der Waals surface area contributed by atoms with Gasteiger partial charge in [-0.2, -0.15) is 0 Å². The Morgan fingerprint density at radius 2 is 1.57 bits per heavy atom. The molecule has 1 fully saturated rings. The maximum atomic E-state index is 13.6. The molecule has 4 aromatic rings. The lowest BCUT2D eigenvalue weighted by molar-refractivity contribution is -0.135. The number of aryl methyl sites for hydroxylation is 2. The van der Waals surface area contributed by atoms with Gasteiger partial charge in [0.2, 0.25) is 5.91 Å². The number of hydrogen-bond acceptors (Lipinski definition) is 5. The second kappa shape index (κ2) is 10.3. The van der Waals surface area contributed by atoms with Gasteiger partial charge >= 0.3 is 0 Å². The molecule has 0 unspecified atom stereocenters. The van der Waals surface area contributed by atoms with E-state index in [0.29, 0.717) is 63.1 Å². The molecule has 1 aliphatic rings. The second-order valence-corrected chi connectivity index (χ2v) is 8.97. The minimum absolute atomic E-state index is 0.0178. The lowest BCUT2D eigenvalue weighted by Gasteiger charge is -2.26. The van der Waals surface area contributed by atoms with Gasteiger partial charge in [-0.15, -0.1) is 0 Å². The van der Waals surface area contributed by atoms with Crippen LogP contribution in [0.2, 0.25) is 0 Å². The van der Waals surface area contributed by atoms with Crippen LogP contribution < -0.4 is 0 Å². The summed E-state index contributed by atoms with van der Waals surface area (Å²) < 4.78 is 11.4. The van der Waals surface area contributed by atoms with Crippen LogP contribution in [0.25, 0.3) is 21.9 Å². The normalized spacial score (nSPS) is 14.0. The van der Waals surface area contributed by atoms with E-state index in [1.165, 1.54) is 0 Å². The highest BCUT2D eigenvalue weighted by Crippen LogP contribution is 2.34. The zero-order valence-electron chi connectivity index (χ0n) is 19.7. The average molecular weight is 472 g/mol. The molecule has 0 aliphatic carbocycles. The van der Waals surface area contributed by atoms with E-state index < -0.39 is 0 Å². The van der Waals surface area contributed by atoms with Gasteiger partial charge in [0.25, 0.3) is 0 Å². The van der Waals surface area contributed by atoms with E-state index in [-0.39, 0.29) is 23.9 Å². The molecule has 0 radical (unpaired) electrons. The number of nitrogens with zero attached hydrogens (tertiary/aromatic N) is 1. The minimum Gasteiger partial charge on any atom is -0.508 e. The highest BCUT2D eigenvalue weighted by molar-refractivity contribution is 6.17. The fraction of sp³-hybridized carbons (Fsp3) is 0.310. The van der Waals surface area contributed by atoms with Gasteiger partial charge in [0, 0.05) is 42.3 Å². The molecule has 0 bridgehead atoms. The molecule has 6 nitrogen and oxygen atoms in total. The molecule has 1 aromatic heterocycles. The highest BCUT2D eigenvalue weighted by atomic mass is 16.5. The number of ketones is 1. The molecule has 35 heavy (non-hydrogen) atoms. The number of phenols is 1. The summed E-state index contributed by atoms with van der Waals surface area (Å²) in [6.07, 6.45) is 2.37. The molecule has 6 heteroatoms. The highest BCUT2D eigenvalue weighted by Gasteiger charge is 2.22. The number of Topliss-reactive ketones (excluding diaryl/α,β-unsaturated/α-hetero) is 1. The maximum Gasteiger partial charge on any atom is 0.222 e. The van der Waals surface area contributed by atoms with E-state index in [9.17, 15) is 14.7 Å². The van der Waals surface area contributed by atoms with Gasteiger partial charge in [-0.3, -0.25) is 9.59 Å². The van der Waals surface area contributed by atoms with Crippen LogP contribution in [0.4, 0.5) is 0 Å². The van der Waals surface area contributed by atoms with E-state index in [1.54, 1.807) is 12.1 Å². The number of hydrogen-bond donors (Lipinski definition) is 1. The zero-order valence-corrected chi connectivity index (χ0v) is 19.7. The van der Waals surface area contributed by atoms with Gasteiger partial charge in [-0.25, -0.2) is 0 Å². The van der Waals surface area contributed by atoms with Gasteiger partial charge in [0.05, 0.1) is 13.2 Å². The summed E-state index contributed by atoms with van der Waals surface area (Å²) in [5.74, 6) is 0.355. The van der Waals surface area contributed by atoms with Crippen molar-refractivity contribution in [2.24, 2.45) is 0 Å². The Balaban J connectivity index is 1.41. The predicted octanol–water partition coefficient (Wildman–Crippen LogP) is 5.29. The Morgan fingerprint density at radius 1 is 0.829 bits per heavy atom. The van der Waals surface area contributed by atoms with E-state index in [0.717, 1.165) is 27.5 Å². The molecule has 0 atom stereocenters. The van der Waals surface area contributed by atoms with Crippen molar-refractivity contribution in [3.05, 3.63) is 77.4 Å². The summed E-state index contributed by atoms with van der Waals surface area (Å²) in [4.78, 5) is 28.0. The first-order valence-corrected chi connectivity index (χ1v) is 12.2. The number of ether oxygens (including phenoxy) is 1. The van der Waals surface area contributed by atoms with Crippen LogP contribution in [0.1, 0.15) is 40.7 Å². The van der Waals surface area contributed by atoms with Crippen molar-refractivity contribution in [3.63, 3.8) is 0 Å². The van der Waals surface area contributed by atoms with Crippen molar-refractivity contribution < 1.29 is 23.8 Å². The average Bonchev–Trinajstić information content (AvgIpc) is 3.27. The number of phenolic OH excluding ortho intramolecular Hbond substituents is 1. The van der Waals surface area contributed by atoms with Crippen molar-refractivity contribution >= 4 is 33.6 Å². The summed E-state index contributed by atoms with van der Waals surface area (Å²) in [7, 11) is 0. The Kier molecular flexibility index (Phi) is 6.82. The first-order valence-electron chi connectivity index (χ1n) is 12.2. The monoisotopic (exact) mass is 471 g/mol. The number of amides is 1. The molecule has 2 heterocycles. The maximum absolute atomic E-state index is 13.6. The molecule has 0 saturated carbocycles. The van der Waals surface area contributed by atoms with Gasteiger partial charge in [-0.1, -0.05) is 42.5 Å². The number of rotatable bonds is 8. The largest absolute Gasteiger partial charge is 0.508 e. The SMILES string of the molecule is O=C(CCCC(=O)N1CCOCC1)c1c(CCc2ccccc2O)ccc2oc3ccccc3c12. The quantitative estimate of drug-likeness (QED) is 0.353. The summed E-state index contributed by atoms with van der Waals surface area (Å²) in [6.45, 7) is 2.37. The number of carbonyl (C=O) groups is 2. The fourth-order valence-electron chi connectivity index (χ4n) is 4.87. The zero-order chi connectivity index (χ0) is 24.2. The molecule has 1 saturated heterocycles. The van der Waals surface area contributed by atoms with Crippen LogP contribution in [-0.4, -0.2) is 48.0 Å². The molecule has 1 N–H and O–H groups in total. The minimum atomic E-state index is 0.0178. The Bertz CT molecular complexity index is 1370. The van der Waals surface area contributed by atoms with Gasteiger partial charge in [-0.05, 0) is 48.6 Å². The van der Waals surface area contributed by atoms with Crippen LogP contribution in [0.3, 0.4) is 0 Å². The predicted molar refractivity (Wildman–Crippen MR) is 135 cm³/mol. The first kappa shape index (κ1) is 23.1. The third-order valence-electron chi connectivity index (χ3n) is 6.72. The van der Waals surface area contributed by atoms with Gasteiger partial charge in [0.1, 0.15) is 16.9 Å². The van der Waals surface area contributed by atoms with Crippen molar-refractivity contribution in [1.82, 2.24) is 4.90 Å². The van der Waals surface area contributed by atoms with Crippen LogP contribution in [0, 0.1) is 0 Å². The topological polar surface area (TPSA) is 80.0 Å². The second-order valence-electron chi connectivity index (χ2n) is 8.97. The number of furan rings is 1. The summed E-state index contributed by atoms with van der Waals surface area (Å²) in [5.41, 5.74) is 3.87. The van der Waals surface area contributed by atoms with Crippen LogP contribution in [-0.2, 0) is 22.4 Å². The number of morpholine rings is 1. The van der Waals surface area contributed by atoms with Crippen molar-refractivity contribution in [2.45, 2.75) is 32.1 Å². The summed E-state index contributed by atoms with van der Waals surface area (Å²) in [6, 6.07) is 18.9. The van der Waals surface area contributed by atoms with Crippen molar-refractivity contribution in [1.29, 1.82) is 0 Å². The number of para-hydroxylation sites is 2. The van der Waals surface area contributed by atoms with Crippen LogP contribution in [0.15, 0.2) is 65.1 Å². The van der Waals surface area contributed by atoms with Crippen LogP contribution >= 0.6 is 0 Å². The van der Waals surface area contributed by atoms with Crippen molar-refractivity contribution in [3.8, 4) is 5.75 Å². The molecular formula is C29H29NO5. The van der Waals surface area contributed by atoms with E-state index in [4.69, 9.17) is 9.15 Å². The smallest absolute Gasteiger partial charge is 0.222 e. The lowest BCUT2D eigenvalue weighted by atomic mass is 9.91. The van der Waals surface area contributed by atoms with E-state index in [2.05, 4.69) is 0 Å². The fourth-order valence-corrected chi connectivity index (χ4v) is 4.87. The lowest BCUT2D eigenvalue weighted by Crippen LogP contribution is -2.40. The molecule has 1 amide bonds. The Morgan fingerprint density at radius 3 is 2.40 bits per heavy atom. The molecular weight excluding hydrogens is 442 g/mol. The number of benzene rings is 3. The standard InChI is InChI=1S/C29H29NO5/c31-23-8-3-1-6-20(23)12-13-21-14-15-26-29(22-7-2-4-10-25(22)35-26)28(21)24(32)9-5-11-27(33)30-16-18-34-19-17-30/h1-4,6-8,10,14-15,31H,5,9,11-13,16-19H2. The molecule has 180 valence electrons. The third-order valence-corrected chi connectivity index (χ3v) is 6.72. The molecule has 1 aliphatic heterocycles. The molecule has 3 aromatic carbocycles. The number of carbonyl (C=O) groups excluding carboxylic acids is 2. The van der Waals surface area contributed by atoms with E-state index >= 15 is 0 Å². The van der Waals surface area contributed by atoms with Crippen LogP contribution in [0.5, 0.6) is 5.75 Å². The molecule has 0 spiro atoms. The Labute approximate surface area is 204 Å². The summed E-state index contributed by atoms with van der Waals surface area (Å²) in [5, 5.41) is 11.9. The number of fused-ring (bicyclic) bond motifs is 3. The van der Waals surface area contributed by atoms with E-state index in [1.807, 2.05) is 53.4 Å². The number of aromatic hydroxyl groups is 1. The summed E-state index contributed by atoms with van der Waals surface area (Å²) >= 11 is 0. The molecule has 5 rings (SSSR count). The van der Waals surface area contributed by atoms with Crippen molar-refractivity contribution in [2.75, 3.05) is 26.3 Å². The van der Waals surface area contributed by atoms with Gasteiger partial charge < -0.3 is 19.2 Å². The Hall–Kier alpha value is -3.64. The third kappa shape index (κ3) is 4.93. The van der Waals surface area contributed by atoms with Gasteiger partial charge in [0.15, 0.2) is 5.78 Å².